The smallest absolute Gasteiger partial charge is 0.241 e. The number of carbonyl (C=O) groups excluding carboxylic acids is 1. The highest BCUT2D eigenvalue weighted by atomic mass is 16.5. The molecule has 7 nitrogen and oxygen atoms in total. The average molecular weight is 341 g/mol. The molecule has 7 heteroatoms. The molecule has 25 heavy (non-hydrogen) atoms. The van der Waals surface area contributed by atoms with Gasteiger partial charge in [0.05, 0.1) is 18.7 Å². The number of hydrogen-bond acceptors (Lipinski definition) is 5. The van der Waals surface area contributed by atoms with E-state index >= 15 is 0 Å². The largest absolute Gasteiger partial charge is 0.380 e. The summed E-state index contributed by atoms with van der Waals surface area (Å²) >= 11 is 0. The van der Waals surface area contributed by atoms with Gasteiger partial charge in [0.1, 0.15) is 5.82 Å². The minimum absolute atomic E-state index is 0.0108. The summed E-state index contributed by atoms with van der Waals surface area (Å²) in [5.41, 5.74) is 2.29. The fraction of sp³-hybridized carbons (Fsp3) is 0.500. The predicted octanol–water partition coefficient (Wildman–Crippen LogP) is 1.46. The molecular weight excluding hydrogens is 318 g/mol. The number of ether oxygens (including phenoxy) is 1. The van der Waals surface area contributed by atoms with E-state index in [1.54, 1.807) is 7.11 Å². The van der Waals surface area contributed by atoms with E-state index in [0.29, 0.717) is 6.54 Å². The predicted molar refractivity (Wildman–Crippen MR) is 93.3 cm³/mol. The second-order valence-electron chi connectivity index (χ2n) is 6.74. The van der Waals surface area contributed by atoms with Crippen LogP contribution in [0.4, 0.5) is 5.69 Å². The second kappa shape index (κ2) is 6.57. The molecule has 2 aliphatic heterocycles. The van der Waals surface area contributed by atoms with Gasteiger partial charge in [-0.1, -0.05) is 18.2 Å². The Hall–Kier alpha value is -2.25. The van der Waals surface area contributed by atoms with Crippen molar-refractivity contribution in [1.29, 1.82) is 0 Å². The van der Waals surface area contributed by atoms with Crippen molar-refractivity contribution in [3.05, 3.63) is 41.5 Å². The number of carbonyl (C=O) groups is 1. The minimum atomic E-state index is 0.0108. The number of nitrogens with one attached hydrogen (secondary N) is 1. The Balaban J connectivity index is 1.51. The van der Waals surface area contributed by atoms with Gasteiger partial charge in [0.15, 0.2) is 5.82 Å². The Morgan fingerprint density at radius 1 is 1.40 bits per heavy atom. The van der Waals surface area contributed by atoms with Crippen molar-refractivity contribution in [2.45, 2.75) is 31.9 Å². The molecule has 0 aliphatic carbocycles. The molecule has 1 N–H and O–H groups in total. The van der Waals surface area contributed by atoms with Gasteiger partial charge in [-0.25, -0.2) is 4.98 Å². The molecule has 4 rings (SSSR count). The van der Waals surface area contributed by atoms with Crippen LogP contribution in [0.3, 0.4) is 0 Å². The number of aromatic amines is 1. The Labute approximate surface area is 147 Å². The number of likely N-dealkylation sites (tertiary alicyclic amines) is 1. The maximum atomic E-state index is 12.9. The Morgan fingerprint density at radius 3 is 3.00 bits per heavy atom. The lowest BCUT2D eigenvalue weighted by Crippen LogP contribution is -2.40. The van der Waals surface area contributed by atoms with Crippen LogP contribution < -0.4 is 4.90 Å². The summed E-state index contributed by atoms with van der Waals surface area (Å²) < 4.78 is 5.53. The van der Waals surface area contributed by atoms with E-state index in [-0.39, 0.29) is 18.1 Å². The Morgan fingerprint density at radius 2 is 2.24 bits per heavy atom. The number of rotatable bonds is 4. The number of methoxy groups -OCH3 is 1. The number of aryl methyl sites for hydroxylation is 1. The zero-order valence-corrected chi connectivity index (χ0v) is 14.6. The van der Waals surface area contributed by atoms with Crippen molar-refractivity contribution in [3.63, 3.8) is 0 Å². The van der Waals surface area contributed by atoms with Crippen LogP contribution in [0.25, 0.3) is 0 Å². The van der Waals surface area contributed by atoms with Crippen molar-refractivity contribution in [1.82, 2.24) is 20.1 Å². The first-order valence-corrected chi connectivity index (χ1v) is 8.69. The summed E-state index contributed by atoms with van der Waals surface area (Å²) in [6.07, 6.45) is 1.83. The molecular formula is C18H23N5O2. The second-order valence-corrected chi connectivity index (χ2v) is 6.74. The van der Waals surface area contributed by atoms with E-state index in [0.717, 1.165) is 43.3 Å². The van der Waals surface area contributed by atoms with E-state index in [1.165, 1.54) is 5.56 Å². The van der Waals surface area contributed by atoms with E-state index < -0.39 is 0 Å². The van der Waals surface area contributed by atoms with E-state index in [1.807, 2.05) is 30.0 Å². The molecule has 0 spiro atoms. The number of hydrogen-bond donors (Lipinski definition) is 1. The van der Waals surface area contributed by atoms with Gasteiger partial charge in [0, 0.05) is 25.9 Å². The standard InChI is InChI=1S/C18H23N5O2/c1-12-19-18(21-20-12)16-9-14(25-2)10-22(16)11-17(24)23-8-7-13-5-3-4-6-15(13)23/h3-6,14,16H,7-11H2,1-2H3,(H,19,20,21)/t14-,16+/m1/s1. The third-order valence-electron chi connectivity index (χ3n) is 5.14. The van der Waals surface area contributed by atoms with Gasteiger partial charge in [-0.3, -0.25) is 14.8 Å². The number of amides is 1. The maximum absolute atomic E-state index is 12.9. The maximum Gasteiger partial charge on any atom is 0.241 e. The first kappa shape index (κ1) is 16.2. The van der Waals surface area contributed by atoms with Gasteiger partial charge in [-0.05, 0) is 31.4 Å². The van der Waals surface area contributed by atoms with Crippen LogP contribution in [-0.4, -0.2) is 58.8 Å². The average Bonchev–Trinajstić information content (AvgIpc) is 3.32. The molecule has 2 aromatic rings. The summed E-state index contributed by atoms with van der Waals surface area (Å²) in [6.45, 7) is 3.71. The van der Waals surface area contributed by atoms with Crippen LogP contribution in [0.2, 0.25) is 0 Å². The number of anilines is 1. The van der Waals surface area contributed by atoms with Gasteiger partial charge in [-0.2, -0.15) is 5.10 Å². The molecule has 0 bridgehead atoms. The number of H-pyrrole nitrogens is 1. The number of fused-ring (bicyclic) bond motifs is 1. The van der Waals surface area contributed by atoms with Gasteiger partial charge >= 0.3 is 0 Å². The topological polar surface area (TPSA) is 74.3 Å². The summed E-state index contributed by atoms with van der Waals surface area (Å²) in [4.78, 5) is 21.4. The van der Waals surface area contributed by atoms with Crippen LogP contribution in [0.5, 0.6) is 0 Å². The third kappa shape index (κ3) is 3.05. The minimum Gasteiger partial charge on any atom is -0.380 e. The zero-order chi connectivity index (χ0) is 17.4. The Kier molecular flexibility index (Phi) is 4.27. The van der Waals surface area contributed by atoms with Gasteiger partial charge in [0.2, 0.25) is 5.91 Å². The van der Waals surface area contributed by atoms with Crippen molar-refractivity contribution in [2.24, 2.45) is 0 Å². The molecule has 0 saturated carbocycles. The van der Waals surface area contributed by atoms with Crippen molar-refractivity contribution in [3.8, 4) is 0 Å². The molecule has 132 valence electrons. The lowest BCUT2D eigenvalue weighted by atomic mass is 10.2. The van der Waals surface area contributed by atoms with Crippen molar-refractivity contribution in [2.75, 3.05) is 31.6 Å². The van der Waals surface area contributed by atoms with Crippen LogP contribution in [0.1, 0.15) is 29.7 Å². The summed E-state index contributed by atoms with van der Waals surface area (Å²) in [6, 6.07) is 8.15. The SMILES string of the molecule is CO[C@@H]1C[C@@H](c2n[nH]c(C)n2)N(CC(=O)N2CCc3ccccc32)C1. The quantitative estimate of drug-likeness (QED) is 0.911. The number of aromatic nitrogens is 3. The molecule has 0 unspecified atom stereocenters. The molecule has 1 aromatic heterocycles. The lowest BCUT2D eigenvalue weighted by molar-refractivity contribution is -0.120. The molecule has 2 aliphatic rings. The molecule has 1 amide bonds. The Bertz CT molecular complexity index is 774. The van der Waals surface area contributed by atoms with E-state index in [2.05, 4.69) is 26.1 Å². The molecule has 3 heterocycles. The van der Waals surface area contributed by atoms with Gasteiger partial charge in [-0.15, -0.1) is 0 Å². The zero-order valence-electron chi connectivity index (χ0n) is 14.6. The highest BCUT2D eigenvalue weighted by Crippen LogP contribution is 2.32. The van der Waals surface area contributed by atoms with E-state index in [4.69, 9.17) is 4.74 Å². The van der Waals surface area contributed by atoms with Crippen molar-refractivity contribution >= 4 is 11.6 Å². The fourth-order valence-corrected chi connectivity index (χ4v) is 3.84. The molecule has 2 atom stereocenters. The summed E-state index contributed by atoms with van der Waals surface area (Å²) in [5, 5.41) is 7.20. The van der Waals surface area contributed by atoms with Crippen molar-refractivity contribution < 1.29 is 9.53 Å². The number of para-hydroxylation sites is 1. The van der Waals surface area contributed by atoms with Gasteiger partial charge < -0.3 is 9.64 Å². The summed E-state index contributed by atoms with van der Waals surface area (Å²) in [7, 11) is 1.72. The molecule has 0 radical (unpaired) electrons. The van der Waals surface area contributed by atoms with Gasteiger partial charge in [0.25, 0.3) is 0 Å². The summed E-state index contributed by atoms with van der Waals surface area (Å²) in [5.74, 6) is 1.65. The van der Waals surface area contributed by atoms with Crippen LogP contribution >= 0.6 is 0 Å². The molecule has 1 fully saturated rings. The molecule has 1 aromatic carbocycles. The van der Waals surface area contributed by atoms with Crippen LogP contribution in [0, 0.1) is 6.92 Å². The number of benzene rings is 1. The van der Waals surface area contributed by atoms with Crippen LogP contribution in [-0.2, 0) is 16.0 Å². The van der Waals surface area contributed by atoms with Crippen LogP contribution in [0.15, 0.2) is 24.3 Å². The third-order valence-corrected chi connectivity index (χ3v) is 5.14. The first-order chi connectivity index (χ1) is 12.2. The fourth-order valence-electron chi connectivity index (χ4n) is 3.84. The highest BCUT2D eigenvalue weighted by Gasteiger charge is 2.38. The number of nitrogens with zero attached hydrogens (tertiary/aromatic N) is 4. The monoisotopic (exact) mass is 341 g/mol. The first-order valence-electron chi connectivity index (χ1n) is 8.69. The lowest BCUT2D eigenvalue weighted by Gasteiger charge is -2.25. The highest BCUT2D eigenvalue weighted by molar-refractivity contribution is 5.96. The normalized spacial score (nSPS) is 23.2. The molecule has 1 saturated heterocycles. The van der Waals surface area contributed by atoms with E-state index in [9.17, 15) is 4.79 Å².